The SMILES string of the molecule is CCCS(=O)(=O)N1CCC2(CC1)C[C@H](c1ccccc1)CO2. The van der Waals surface area contributed by atoms with E-state index in [1.54, 1.807) is 4.31 Å². The molecule has 1 aromatic carbocycles. The molecule has 4 nitrogen and oxygen atoms in total. The Morgan fingerprint density at radius 2 is 1.91 bits per heavy atom. The zero-order chi connectivity index (χ0) is 15.6. The third-order valence-corrected chi connectivity index (χ3v) is 7.05. The van der Waals surface area contributed by atoms with Crippen molar-refractivity contribution in [1.82, 2.24) is 4.31 Å². The number of piperidine rings is 1. The largest absolute Gasteiger partial charge is 0.374 e. The van der Waals surface area contributed by atoms with Crippen LogP contribution >= 0.6 is 0 Å². The zero-order valence-corrected chi connectivity index (χ0v) is 14.0. The molecule has 0 bridgehead atoms. The smallest absolute Gasteiger partial charge is 0.214 e. The maximum absolute atomic E-state index is 12.2. The van der Waals surface area contributed by atoms with Crippen molar-refractivity contribution < 1.29 is 13.2 Å². The first kappa shape index (κ1) is 16.0. The molecule has 0 saturated carbocycles. The Morgan fingerprint density at radius 1 is 1.23 bits per heavy atom. The van der Waals surface area contributed by atoms with E-state index in [4.69, 9.17) is 4.74 Å². The van der Waals surface area contributed by atoms with Crippen LogP contribution in [0.1, 0.15) is 44.1 Å². The molecule has 122 valence electrons. The Morgan fingerprint density at radius 3 is 2.55 bits per heavy atom. The summed E-state index contributed by atoms with van der Waals surface area (Å²) in [6, 6.07) is 10.5. The van der Waals surface area contributed by atoms with Crippen molar-refractivity contribution in [3.8, 4) is 0 Å². The van der Waals surface area contributed by atoms with Crippen molar-refractivity contribution in [2.75, 3.05) is 25.4 Å². The molecule has 3 rings (SSSR count). The monoisotopic (exact) mass is 323 g/mol. The van der Waals surface area contributed by atoms with Crippen LogP contribution in [0.3, 0.4) is 0 Å². The summed E-state index contributed by atoms with van der Waals surface area (Å²) in [4.78, 5) is 0. The van der Waals surface area contributed by atoms with Gasteiger partial charge >= 0.3 is 0 Å². The van der Waals surface area contributed by atoms with Crippen LogP contribution in [0.2, 0.25) is 0 Å². The molecule has 5 heteroatoms. The third kappa shape index (κ3) is 3.21. The number of nitrogens with zero attached hydrogens (tertiary/aromatic N) is 1. The minimum absolute atomic E-state index is 0.112. The normalized spacial score (nSPS) is 25.6. The highest BCUT2D eigenvalue weighted by Gasteiger charge is 2.44. The fourth-order valence-corrected chi connectivity index (χ4v) is 5.20. The Bertz CT molecular complexity index is 592. The lowest BCUT2D eigenvalue weighted by molar-refractivity contribution is -0.0310. The molecule has 2 fully saturated rings. The standard InChI is InChI=1S/C17H25NO3S/c1-2-12-22(19,20)18-10-8-17(9-11-18)13-16(14-21-17)15-6-4-3-5-7-15/h3-7,16H,2,8-14H2,1H3/t16-/m0/s1. The summed E-state index contributed by atoms with van der Waals surface area (Å²) in [5, 5.41) is 0. The average Bonchev–Trinajstić information content (AvgIpc) is 2.92. The van der Waals surface area contributed by atoms with Gasteiger partial charge in [-0.3, -0.25) is 0 Å². The van der Waals surface area contributed by atoms with Gasteiger partial charge in [0.2, 0.25) is 10.0 Å². The quantitative estimate of drug-likeness (QED) is 0.856. The highest BCUT2D eigenvalue weighted by Crippen LogP contribution is 2.43. The van der Waals surface area contributed by atoms with Gasteiger partial charge < -0.3 is 4.74 Å². The second-order valence-electron chi connectivity index (χ2n) is 6.52. The predicted octanol–water partition coefficient (Wildman–Crippen LogP) is 2.76. The van der Waals surface area contributed by atoms with Crippen LogP contribution in [0.15, 0.2) is 30.3 Å². The second-order valence-corrected chi connectivity index (χ2v) is 8.61. The van der Waals surface area contributed by atoms with Crippen LogP contribution in [0.5, 0.6) is 0 Å². The summed E-state index contributed by atoms with van der Waals surface area (Å²) in [5.74, 6) is 0.702. The van der Waals surface area contributed by atoms with Crippen molar-refractivity contribution in [2.24, 2.45) is 0 Å². The van der Waals surface area contributed by atoms with E-state index in [0.29, 0.717) is 25.4 Å². The van der Waals surface area contributed by atoms with Gasteiger partial charge in [0.05, 0.1) is 18.0 Å². The van der Waals surface area contributed by atoms with E-state index in [2.05, 4.69) is 24.3 Å². The van der Waals surface area contributed by atoms with Crippen LogP contribution in [-0.4, -0.2) is 43.8 Å². The summed E-state index contributed by atoms with van der Waals surface area (Å²) < 4.78 is 32.1. The number of hydrogen-bond acceptors (Lipinski definition) is 3. The lowest BCUT2D eigenvalue weighted by Gasteiger charge is -2.38. The molecule has 0 aromatic heterocycles. The number of sulfonamides is 1. The zero-order valence-electron chi connectivity index (χ0n) is 13.2. The van der Waals surface area contributed by atoms with Gasteiger partial charge in [-0.15, -0.1) is 0 Å². The molecule has 1 aromatic rings. The lowest BCUT2D eigenvalue weighted by Crippen LogP contribution is -2.47. The van der Waals surface area contributed by atoms with E-state index >= 15 is 0 Å². The van der Waals surface area contributed by atoms with E-state index in [1.807, 2.05) is 13.0 Å². The van der Waals surface area contributed by atoms with E-state index < -0.39 is 10.0 Å². The molecule has 0 N–H and O–H groups in total. The maximum atomic E-state index is 12.2. The molecular formula is C17H25NO3S. The summed E-state index contributed by atoms with van der Waals surface area (Å²) in [6.07, 6.45) is 3.33. The molecule has 0 radical (unpaired) electrons. The van der Waals surface area contributed by atoms with Gasteiger partial charge in [-0.05, 0) is 31.2 Å². The third-order valence-electron chi connectivity index (χ3n) is 4.97. The Hall–Kier alpha value is -0.910. The Balaban J connectivity index is 1.62. The Kier molecular flexibility index (Phi) is 4.57. The number of rotatable bonds is 4. The van der Waals surface area contributed by atoms with Crippen LogP contribution in [0.4, 0.5) is 0 Å². The molecule has 22 heavy (non-hydrogen) atoms. The van der Waals surface area contributed by atoms with Crippen molar-refractivity contribution >= 4 is 10.0 Å². The van der Waals surface area contributed by atoms with Crippen molar-refractivity contribution in [2.45, 2.75) is 44.1 Å². The highest BCUT2D eigenvalue weighted by molar-refractivity contribution is 7.89. The van der Waals surface area contributed by atoms with E-state index in [-0.39, 0.29) is 11.4 Å². The fraction of sp³-hybridized carbons (Fsp3) is 0.647. The summed E-state index contributed by atoms with van der Waals surface area (Å²) in [5.41, 5.74) is 1.22. The fourth-order valence-electron chi connectivity index (χ4n) is 3.69. The highest BCUT2D eigenvalue weighted by atomic mass is 32.2. The molecule has 0 unspecified atom stereocenters. The number of hydrogen-bond donors (Lipinski definition) is 0. The van der Waals surface area contributed by atoms with Gasteiger partial charge in [0, 0.05) is 19.0 Å². The topological polar surface area (TPSA) is 46.6 Å². The molecule has 0 aliphatic carbocycles. The molecule has 2 heterocycles. The average molecular weight is 323 g/mol. The van der Waals surface area contributed by atoms with E-state index in [9.17, 15) is 8.42 Å². The summed E-state index contributed by atoms with van der Waals surface area (Å²) in [6.45, 7) is 3.87. The van der Waals surface area contributed by atoms with Gasteiger partial charge in [0.25, 0.3) is 0 Å². The first-order chi connectivity index (χ1) is 10.5. The molecule has 2 saturated heterocycles. The van der Waals surface area contributed by atoms with Crippen molar-refractivity contribution in [1.29, 1.82) is 0 Å². The van der Waals surface area contributed by atoms with E-state index in [0.717, 1.165) is 25.9 Å². The minimum atomic E-state index is -3.07. The summed E-state index contributed by atoms with van der Waals surface area (Å²) in [7, 11) is -3.07. The van der Waals surface area contributed by atoms with Crippen molar-refractivity contribution in [3.63, 3.8) is 0 Å². The number of benzene rings is 1. The van der Waals surface area contributed by atoms with Crippen molar-refractivity contribution in [3.05, 3.63) is 35.9 Å². The van der Waals surface area contributed by atoms with E-state index in [1.165, 1.54) is 5.56 Å². The van der Waals surface area contributed by atoms with Crippen LogP contribution in [0.25, 0.3) is 0 Å². The summed E-state index contributed by atoms with van der Waals surface area (Å²) >= 11 is 0. The molecule has 1 spiro atoms. The first-order valence-corrected chi connectivity index (χ1v) is 9.82. The molecule has 1 atom stereocenters. The molecular weight excluding hydrogens is 298 g/mol. The van der Waals surface area contributed by atoms with Crippen LogP contribution in [-0.2, 0) is 14.8 Å². The van der Waals surface area contributed by atoms with Crippen LogP contribution < -0.4 is 0 Å². The molecule has 2 aliphatic heterocycles. The Labute approximate surface area is 133 Å². The number of ether oxygens (including phenoxy) is 1. The van der Waals surface area contributed by atoms with Gasteiger partial charge in [0.1, 0.15) is 0 Å². The molecule has 0 amide bonds. The maximum Gasteiger partial charge on any atom is 0.214 e. The van der Waals surface area contributed by atoms with Gasteiger partial charge in [-0.1, -0.05) is 37.3 Å². The van der Waals surface area contributed by atoms with Gasteiger partial charge in [-0.25, -0.2) is 12.7 Å². The van der Waals surface area contributed by atoms with Gasteiger partial charge in [0.15, 0.2) is 0 Å². The predicted molar refractivity (Wildman–Crippen MR) is 87.4 cm³/mol. The molecule has 2 aliphatic rings. The first-order valence-electron chi connectivity index (χ1n) is 8.21. The van der Waals surface area contributed by atoms with Crippen LogP contribution in [0, 0.1) is 0 Å². The van der Waals surface area contributed by atoms with Gasteiger partial charge in [-0.2, -0.15) is 0 Å². The second kappa shape index (κ2) is 6.30. The lowest BCUT2D eigenvalue weighted by atomic mass is 9.84. The minimum Gasteiger partial charge on any atom is -0.374 e.